The normalized spacial score (nSPS) is 10.2. The van der Waals surface area contributed by atoms with Crippen LogP contribution in [0, 0.1) is 6.92 Å². The van der Waals surface area contributed by atoms with Crippen LogP contribution in [0.5, 0.6) is 0 Å². The number of nitrogens with one attached hydrogen (secondary N) is 2. The number of hydrogen-bond acceptors (Lipinski definition) is 5. The number of aryl methyl sites for hydroxylation is 1. The van der Waals surface area contributed by atoms with Gasteiger partial charge in [0.15, 0.2) is 17.3 Å². The summed E-state index contributed by atoms with van der Waals surface area (Å²) < 4.78 is 0. The van der Waals surface area contributed by atoms with E-state index in [0.29, 0.717) is 17.1 Å². The number of Topliss-reactive ketones (excluding diaryl/α,β-unsaturated/α-hetero) is 1. The quantitative estimate of drug-likeness (QED) is 0.683. The molecule has 0 aliphatic carbocycles. The molecule has 1 heterocycles. The van der Waals surface area contributed by atoms with Crippen LogP contribution in [0.2, 0.25) is 0 Å². The Hall–Kier alpha value is -3.54. The highest BCUT2D eigenvalue weighted by Crippen LogP contribution is 2.18. The molecule has 26 heavy (non-hydrogen) atoms. The van der Waals surface area contributed by atoms with Crippen molar-refractivity contribution in [2.75, 3.05) is 10.6 Å². The molecular weight excluding hydrogens is 328 g/mol. The minimum atomic E-state index is -0.388. The molecule has 0 aliphatic rings. The lowest BCUT2D eigenvalue weighted by atomic mass is 10.1. The van der Waals surface area contributed by atoms with Crippen molar-refractivity contribution in [1.82, 2.24) is 10.2 Å². The first-order chi connectivity index (χ1) is 12.5. The highest BCUT2D eigenvalue weighted by atomic mass is 16.2. The van der Waals surface area contributed by atoms with Crippen LogP contribution < -0.4 is 10.6 Å². The van der Waals surface area contributed by atoms with Gasteiger partial charge >= 0.3 is 0 Å². The van der Waals surface area contributed by atoms with Gasteiger partial charge in [0, 0.05) is 16.9 Å². The number of anilines is 3. The van der Waals surface area contributed by atoms with Crippen molar-refractivity contribution in [3.05, 3.63) is 77.5 Å². The molecule has 0 fully saturated rings. The van der Waals surface area contributed by atoms with E-state index in [9.17, 15) is 9.59 Å². The fourth-order valence-electron chi connectivity index (χ4n) is 2.38. The average molecular weight is 346 g/mol. The molecule has 0 saturated heterocycles. The number of para-hydroxylation sites is 1. The minimum absolute atomic E-state index is 0.0625. The van der Waals surface area contributed by atoms with Crippen molar-refractivity contribution in [2.24, 2.45) is 0 Å². The van der Waals surface area contributed by atoms with Crippen LogP contribution in [0.4, 0.5) is 17.2 Å². The Morgan fingerprint density at radius 1 is 0.923 bits per heavy atom. The molecule has 0 radical (unpaired) electrons. The van der Waals surface area contributed by atoms with E-state index in [1.165, 1.54) is 6.92 Å². The fraction of sp³-hybridized carbons (Fsp3) is 0.100. The molecule has 130 valence electrons. The predicted octanol–water partition coefficient (Wildman–Crippen LogP) is 3.98. The van der Waals surface area contributed by atoms with Gasteiger partial charge in [-0.3, -0.25) is 9.59 Å². The second kappa shape index (κ2) is 7.57. The zero-order chi connectivity index (χ0) is 18.5. The molecule has 2 aromatic carbocycles. The highest BCUT2D eigenvalue weighted by molar-refractivity contribution is 6.03. The number of aromatic nitrogens is 2. The second-order valence-corrected chi connectivity index (χ2v) is 5.83. The molecular formula is C20H18N4O2. The van der Waals surface area contributed by atoms with Crippen molar-refractivity contribution in [3.63, 3.8) is 0 Å². The molecule has 2 N–H and O–H groups in total. The summed E-state index contributed by atoms with van der Waals surface area (Å²) in [6.07, 6.45) is 0. The summed E-state index contributed by atoms with van der Waals surface area (Å²) in [5.74, 6) is 0.0996. The largest absolute Gasteiger partial charge is 0.339 e. The second-order valence-electron chi connectivity index (χ2n) is 5.83. The molecule has 0 aliphatic heterocycles. The zero-order valence-electron chi connectivity index (χ0n) is 14.5. The lowest BCUT2D eigenvalue weighted by Gasteiger charge is -2.09. The number of amides is 1. The lowest BCUT2D eigenvalue weighted by Crippen LogP contribution is -2.15. The third kappa shape index (κ3) is 4.10. The van der Waals surface area contributed by atoms with Crippen molar-refractivity contribution in [2.45, 2.75) is 13.8 Å². The molecule has 0 spiro atoms. The van der Waals surface area contributed by atoms with Gasteiger partial charge in [0.2, 0.25) is 0 Å². The van der Waals surface area contributed by atoms with E-state index in [1.54, 1.807) is 36.4 Å². The van der Waals surface area contributed by atoms with E-state index in [1.807, 2.05) is 31.2 Å². The van der Waals surface area contributed by atoms with Gasteiger partial charge in [-0.2, -0.15) is 0 Å². The predicted molar refractivity (Wildman–Crippen MR) is 101 cm³/mol. The van der Waals surface area contributed by atoms with Crippen LogP contribution in [-0.4, -0.2) is 21.9 Å². The third-order valence-electron chi connectivity index (χ3n) is 3.83. The number of carbonyl (C=O) groups excluding carboxylic acids is 2. The summed E-state index contributed by atoms with van der Waals surface area (Å²) >= 11 is 0. The van der Waals surface area contributed by atoms with E-state index in [0.717, 1.165) is 11.3 Å². The van der Waals surface area contributed by atoms with Gasteiger partial charge in [-0.1, -0.05) is 30.3 Å². The van der Waals surface area contributed by atoms with Crippen LogP contribution in [0.3, 0.4) is 0 Å². The first kappa shape index (κ1) is 17.3. The number of carbonyl (C=O) groups is 2. The van der Waals surface area contributed by atoms with Crippen LogP contribution in [0.15, 0.2) is 60.7 Å². The van der Waals surface area contributed by atoms with Crippen LogP contribution in [0.1, 0.15) is 33.3 Å². The van der Waals surface area contributed by atoms with Crippen molar-refractivity contribution in [3.8, 4) is 0 Å². The first-order valence-electron chi connectivity index (χ1n) is 8.11. The third-order valence-corrected chi connectivity index (χ3v) is 3.83. The van der Waals surface area contributed by atoms with Gasteiger partial charge in [0.1, 0.15) is 0 Å². The molecule has 3 aromatic rings. The Morgan fingerprint density at radius 2 is 1.73 bits per heavy atom. The Kier molecular flexibility index (Phi) is 5.03. The van der Waals surface area contributed by atoms with Crippen LogP contribution >= 0.6 is 0 Å². The molecule has 0 bridgehead atoms. The maximum absolute atomic E-state index is 12.3. The minimum Gasteiger partial charge on any atom is -0.339 e. The number of hydrogen-bond donors (Lipinski definition) is 2. The summed E-state index contributed by atoms with van der Waals surface area (Å²) in [5, 5.41) is 13.9. The Labute approximate surface area is 151 Å². The van der Waals surface area contributed by atoms with Gasteiger partial charge in [-0.15, -0.1) is 10.2 Å². The van der Waals surface area contributed by atoms with Gasteiger partial charge < -0.3 is 10.6 Å². The van der Waals surface area contributed by atoms with Crippen molar-refractivity contribution in [1.29, 1.82) is 0 Å². The number of nitrogens with zero attached hydrogens (tertiary/aromatic N) is 2. The monoisotopic (exact) mass is 346 g/mol. The molecule has 0 atom stereocenters. The van der Waals surface area contributed by atoms with Gasteiger partial charge in [-0.05, 0) is 49.7 Å². The Balaban J connectivity index is 1.70. The van der Waals surface area contributed by atoms with Gasteiger partial charge in [-0.25, -0.2) is 0 Å². The van der Waals surface area contributed by atoms with Crippen molar-refractivity contribution >= 4 is 28.9 Å². The Bertz CT molecular complexity index is 952. The number of rotatable bonds is 5. The fourth-order valence-corrected chi connectivity index (χ4v) is 2.38. The summed E-state index contributed by atoms with van der Waals surface area (Å²) in [6, 6.07) is 17.9. The van der Waals surface area contributed by atoms with Crippen molar-refractivity contribution < 1.29 is 9.59 Å². The highest BCUT2D eigenvalue weighted by Gasteiger charge is 2.10. The maximum Gasteiger partial charge on any atom is 0.276 e. The SMILES string of the molecule is CC(=O)c1cccc(NC(=O)c2ccc(Nc3ccccc3C)nn2)c1. The smallest absolute Gasteiger partial charge is 0.276 e. The Morgan fingerprint density at radius 3 is 2.42 bits per heavy atom. The first-order valence-corrected chi connectivity index (χ1v) is 8.11. The molecule has 6 heteroatoms. The standard InChI is InChI=1S/C20H18N4O2/c1-13-6-3-4-9-17(13)22-19-11-10-18(23-24-19)20(26)21-16-8-5-7-15(12-16)14(2)25/h3-12H,1-2H3,(H,21,26)(H,22,24). The summed E-state index contributed by atoms with van der Waals surface area (Å²) in [6.45, 7) is 3.47. The topological polar surface area (TPSA) is 84.0 Å². The maximum atomic E-state index is 12.3. The molecule has 0 saturated carbocycles. The van der Waals surface area contributed by atoms with E-state index in [4.69, 9.17) is 0 Å². The average Bonchev–Trinajstić information content (AvgIpc) is 2.64. The number of ketones is 1. The molecule has 3 rings (SSSR count). The van der Waals surface area contributed by atoms with Gasteiger partial charge in [0.25, 0.3) is 5.91 Å². The molecule has 0 unspecified atom stereocenters. The lowest BCUT2D eigenvalue weighted by molar-refractivity contribution is 0.100. The van der Waals surface area contributed by atoms with Gasteiger partial charge in [0.05, 0.1) is 0 Å². The summed E-state index contributed by atoms with van der Waals surface area (Å²) in [4.78, 5) is 23.7. The molecule has 1 aromatic heterocycles. The summed E-state index contributed by atoms with van der Waals surface area (Å²) in [7, 11) is 0. The number of benzene rings is 2. The van der Waals surface area contributed by atoms with E-state index in [-0.39, 0.29) is 17.4 Å². The van der Waals surface area contributed by atoms with Crippen LogP contribution in [-0.2, 0) is 0 Å². The van der Waals surface area contributed by atoms with Crippen LogP contribution in [0.25, 0.3) is 0 Å². The molecule has 1 amide bonds. The summed E-state index contributed by atoms with van der Waals surface area (Å²) in [5.41, 5.74) is 3.27. The zero-order valence-corrected chi connectivity index (χ0v) is 14.5. The van der Waals surface area contributed by atoms with E-state index >= 15 is 0 Å². The van der Waals surface area contributed by atoms with E-state index in [2.05, 4.69) is 20.8 Å². The van der Waals surface area contributed by atoms with E-state index < -0.39 is 0 Å². The molecule has 6 nitrogen and oxygen atoms in total.